The molecular formula is C16H12F2N2O3. The fraction of sp³-hybridized carbons (Fsp3) is 0.188. The molecule has 0 spiro atoms. The average molecular weight is 318 g/mol. The first-order chi connectivity index (χ1) is 10.9. The number of hydrogen-bond acceptors (Lipinski definition) is 3. The Kier molecular flexibility index (Phi) is 3.55. The lowest BCUT2D eigenvalue weighted by Crippen LogP contribution is -2.17. The first kappa shape index (κ1) is 15.1. The first-order valence-corrected chi connectivity index (χ1v) is 6.86. The van der Waals surface area contributed by atoms with Gasteiger partial charge in [0.1, 0.15) is 17.5 Å². The van der Waals surface area contributed by atoms with E-state index in [4.69, 9.17) is 5.11 Å². The van der Waals surface area contributed by atoms with Gasteiger partial charge in [-0.2, -0.15) is 0 Å². The van der Waals surface area contributed by atoms with Crippen LogP contribution in [0.4, 0.5) is 8.78 Å². The van der Waals surface area contributed by atoms with Gasteiger partial charge in [-0.05, 0) is 36.3 Å². The monoisotopic (exact) mass is 318 g/mol. The molecule has 1 aromatic heterocycles. The number of aliphatic carboxylic acids is 1. The van der Waals surface area contributed by atoms with Crippen molar-refractivity contribution in [2.75, 3.05) is 0 Å². The minimum Gasteiger partial charge on any atom is -0.478 e. The van der Waals surface area contributed by atoms with E-state index in [2.05, 4.69) is 9.97 Å². The molecule has 1 aromatic carbocycles. The number of nitrogens with one attached hydrogen (secondary N) is 1. The van der Waals surface area contributed by atoms with Gasteiger partial charge in [0.15, 0.2) is 0 Å². The number of H-pyrrole nitrogens is 1. The number of carboxylic acids is 1. The number of nitrogens with zero attached hydrogens (tertiary/aromatic N) is 1. The summed E-state index contributed by atoms with van der Waals surface area (Å²) in [5.74, 6) is -2.12. The molecule has 0 unspecified atom stereocenters. The van der Waals surface area contributed by atoms with Crippen LogP contribution in [0.2, 0.25) is 0 Å². The molecule has 1 aliphatic carbocycles. The summed E-state index contributed by atoms with van der Waals surface area (Å²) < 4.78 is 26.9. The van der Waals surface area contributed by atoms with Crippen molar-refractivity contribution < 1.29 is 18.7 Å². The highest BCUT2D eigenvalue weighted by Crippen LogP contribution is 2.28. The van der Waals surface area contributed by atoms with Crippen LogP contribution in [-0.2, 0) is 17.6 Å². The van der Waals surface area contributed by atoms with Crippen LogP contribution in [-0.4, -0.2) is 21.0 Å². The Morgan fingerprint density at radius 2 is 2.13 bits per heavy atom. The molecule has 3 rings (SSSR count). The fourth-order valence-electron chi connectivity index (χ4n) is 2.72. The van der Waals surface area contributed by atoms with Crippen molar-refractivity contribution in [3.63, 3.8) is 0 Å². The largest absolute Gasteiger partial charge is 0.478 e. The van der Waals surface area contributed by atoms with Crippen molar-refractivity contribution in [3.05, 3.63) is 68.4 Å². The van der Waals surface area contributed by atoms with Crippen LogP contribution in [0.25, 0.3) is 5.57 Å². The quantitative estimate of drug-likeness (QED) is 0.907. The number of halogens is 2. The van der Waals surface area contributed by atoms with Crippen molar-refractivity contribution >= 4 is 11.5 Å². The van der Waals surface area contributed by atoms with E-state index >= 15 is 0 Å². The normalized spacial score (nSPS) is 13.3. The Labute approximate surface area is 129 Å². The predicted octanol–water partition coefficient (Wildman–Crippen LogP) is 2.05. The van der Waals surface area contributed by atoms with Gasteiger partial charge in [0.2, 0.25) is 0 Å². The van der Waals surface area contributed by atoms with E-state index in [-0.39, 0.29) is 35.4 Å². The van der Waals surface area contributed by atoms with E-state index in [0.717, 1.165) is 18.2 Å². The zero-order chi connectivity index (χ0) is 16.7. The van der Waals surface area contributed by atoms with Crippen LogP contribution in [0.5, 0.6) is 0 Å². The molecule has 23 heavy (non-hydrogen) atoms. The number of aromatic amines is 1. The molecule has 0 aliphatic heterocycles. The molecule has 0 saturated heterocycles. The molecule has 118 valence electrons. The summed E-state index contributed by atoms with van der Waals surface area (Å²) in [6.45, 7) is 1.55. The van der Waals surface area contributed by atoms with Crippen LogP contribution in [0.1, 0.15) is 29.6 Å². The Hall–Kier alpha value is -2.83. The third-order valence-electron chi connectivity index (χ3n) is 3.84. The van der Waals surface area contributed by atoms with Gasteiger partial charge in [0.25, 0.3) is 5.56 Å². The Bertz CT molecular complexity index is 916. The zero-order valence-corrected chi connectivity index (χ0v) is 12.1. The number of fused-ring (bicyclic) bond motifs is 1. The summed E-state index contributed by atoms with van der Waals surface area (Å²) in [5, 5.41) is 9.13. The van der Waals surface area contributed by atoms with Gasteiger partial charge in [-0.3, -0.25) is 4.79 Å². The third kappa shape index (κ3) is 2.65. The van der Waals surface area contributed by atoms with Gasteiger partial charge in [0, 0.05) is 18.4 Å². The molecule has 0 saturated carbocycles. The maximum atomic E-state index is 13.7. The molecule has 0 amide bonds. The lowest BCUT2D eigenvalue weighted by molar-refractivity contribution is -0.132. The number of carboxylic acid groups (broad SMARTS) is 1. The van der Waals surface area contributed by atoms with E-state index in [9.17, 15) is 18.4 Å². The number of hydrogen-bond donors (Lipinski definition) is 2. The number of benzene rings is 1. The lowest BCUT2D eigenvalue weighted by atomic mass is 10.1. The van der Waals surface area contributed by atoms with Gasteiger partial charge in [-0.1, -0.05) is 0 Å². The van der Waals surface area contributed by atoms with Crippen LogP contribution in [0, 0.1) is 11.6 Å². The van der Waals surface area contributed by atoms with Crippen molar-refractivity contribution in [2.45, 2.75) is 19.8 Å². The highest BCUT2D eigenvalue weighted by atomic mass is 19.1. The molecule has 0 fully saturated rings. The number of rotatable bonds is 3. The molecule has 2 aromatic rings. The second kappa shape index (κ2) is 5.42. The van der Waals surface area contributed by atoms with Crippen LogP contribution >= 0.6 is 0 Å². The topological polar surface area (TPSA) is 83.0 Å². The van der Waals surface area contributed by atoms with Crippen LogP contribution in [0.3, 0.4) is 0 Å². The third-order valence-corrected chi connectivity index (χ3v) is 3.84. The number of allylic oxidation sites excluding steroid dienone is 1. The molecule has 1 aliphatic rings. The van der Waals surface area contributed by atoms with E-state index in [0.29, 0.717) is 11.3 Å². The average Bonchev–Trinajstić information content (AvgIpc) is 2.80. The molecule has 1 heterocycles. The SMILES string of the molecule is CC1=C(C(=O)O)Cc2nc(Cc3cc(F)ccc3F)[nH]c(=O)c21. The smallest absolute Gasteiger partial charge is 0.332 e. The Morgan fingerprint density at radius 1 is 1.39 bits per heavy atom. The molecule has 0 atom stereocenters. The van der Waals surface area contributed by atoms with Gasteiger partial charge in [-0.25, -0.2) is 18.6 Å². The molecule has 5 nitrogen and oxygen atoms in total. The van der Waals surface area contributed by atoms with Gasteiger partial charge >= 0.3 is 5.97 Å². The minimum atomic E-state index is -1.10. The fourth-order valence-corrected chi connectivity index (χ4v) is 2.72. The maximum Gasteiger partial charge on any atom is 0.332 e. The predicted molar refractivity (Wildman–Crippen MR) is 78.0 cm³/mol. The van der Waals surface area contributed by atoms with E-state index in [1.807, 2.05) is 0 Å². The molecule has 0 bridgehead atoms. The summed E-state index contributed by atoms with van der Waals surface area (Å²) in [6.07, 6.45) is -0.0490. The first-order valence-electron chi connectivity index (χ1n) is 6.86. The van der Waals surface area contributed by atoms with Gasteiger partial charge in [0.05, 0.1) is 11.3 Å². The summed E-state index contributed by atoms with van der Waals surface area (Å²) >= 11 is 0. The number of aromatic nitrogens is 2. The van der Waals surface area contributed by atoms with Crippen LogP contribution < -0.4 is 5.56 Å². The van der Waals surface area contributed by atoms with Crippen molar-refractivity contribution in [1.82, 2.24) is 9.97 Å². The van der Waals surface area contributed by atoms with E-state index in [1.54, 1.807) is 6.92 Å². The minimum absolute atomic E-state index is 0.0407. The summed E-state index contributed by atoms with van der Waals surface area (Å²) in [4.78, 5) is 30.0. The number of carbonyl (C=O) groups is 1. The van der Waals surface area contributed by atoms with Crippen LogP contribution in [0.15, 0.2) is 28.6 Å². The Balaban J connectivity index is 2.00. The molecule has 0 radical (unpaired) electrons. The zero-order valence-electron chi connectivity index (χ0n) is 12.1. The van der Waals surface area contributed by atoms with Crippen molar-refractivity contribution in [2.24, 2.45) is 0 Å². The summed E-state index contributed by atoms with van der Waals surface area (Å²) in [7, 11) is 0. The highest BCUT2D eigenvalue weighted by molar-refractivity contribution is 5.99. The molecular weight excluding hydrogens is 306 g/mol. The van der Waals surface area contributed by atoms with Crippen molar-refractivity contribution in [3.8, 4) is 0 Å². The summed E-state index contributed by atoms with van der Waals surface area (Å²) in [5.41, 5.74) is 0.669. The molecule has 7 heteroatoms. The second-order valence-electron chi connectivity index (χ2n) is 5.33. The standard InChI is InChI=1S/C16H12F2N2O3/c1-7-10(16(22)23)6-12-14(7)15(21)20-13(19-12)5-8-4-9(17)2-3-11(8)18/h2-4H,5-6H2,1H3,(H,22,23)(H,19,20,21). The maximum absolute atomic E-state index is 13.7. The lowest BCUT2D eigenvalue weighted by Gasteiger charge is -2.06. The Morgan fingerprint density at radius 3 is 2.83 bits per heavy atom. The van der Waals surface area contributed by atoms with Gasteiger partial charge < -0.3 is 10.1 Å². The molecule has 2 N–H and O–H groups in total. The van der Waals surface area contributed by atoms with Crippen molar-refractivity contribution in [1.29, 1.82) is 0 Å². The van der Waals surface area contributed by atoms with Gasteiger partial charge in [-0.15, -0.1) is 0 Å². The van der Waals surface area contributed by atoms with E-state index in [1.165, 1.54) is 0 Å². The summed E-state index contributed by atoms with van der Waals surface area (Å²) in [6, 6.07) is 3.04. The van der Waals surface area contributed by atoms with E-state index < -0.39 is 23.2 Å². The second-order valence-corrected chi connectivity index (χ2v) is 5.33. The highest BCUT2D eigenvalue weighted by Gasteiger charge is 2.27.